The maximum absolute atomic E-state index is 10.1. The van der Waals surface area contributed by atoms with Crippen LogP contribution in [0.5, 0.6) is 0 Å². The molecule has 0 aromatic heterocycles. The molecule has 1 N–H and O–H groups in total. The minimum atomic E-state index is -0.343. The molecule has 106 valence electrons. The Kier molecular flexibility index (Phi) is 5.26. The molecule has 1 fully saturated rings. The fourth-order valence-corrected chi connectivity index (χ4v) is 3.19. The predicted octanol–water partition coefficient (Wildman–Crippen LogP) is 4.15. The number of aliphatic hydroxyl groups excluding tert-OH is 1. The highest BCUT2D eigenvalue weighted by atomic mass is 16.3. The fourth-order valence-electron chi connectivity index (χ4n) is 3.19. The summed E-state index contributed by atoms with van der Waals surface area (Å²) < 4.78 is 0. The highest BCUT2D eigenvalue weighted by Crippen LogP contribution is 2.30. The average Bonchev–Trinajstić information content (AvgIpc) is 2.47. The third kappa shape index (κ3) is 3.73. The molecule has 2 nitrogen and oxygen atoms in total. The first-order chi connectivity index (χ1) is 9.22. The largest absolute Gasteiger partial charge is 0.388 e. The second-order valence-corrected chi connectivity index (χ2v) is 5.87. The van der Waals surface area contributed by atoms with Gasteiger partial charge in [-0.05, 0) is 31.2 Å². The highest BCUT2D eigenvalue weighted by molar-refractivity contribution is 5.54. The monoisotopic (exact) mass is 261 g/mol. The molecule has 2 rings (SSSR count). The third-order valence-corrected chi connectivity index (χ3v) is 4.35. The second-order valence-electron chi connectivity index (χ2n) is 5.87. The molecular weight excluding hydrogens is 234 g/mol. The lowest BCUT2D eigenvalue weighted by molar-refractivity contribution is 0.174. The molecule has 1 aromatic rings. The zero-order valence-corrected chi connectivity index (χ0v) is 12.3. The van der Waals surface area contributed by atoms with Crippen molar-refractivity contribution in [3.8, 4) is 0 Å². The van der Waals surface area contributed by atoms with Gasteiger partial charge in [-0.25, -0.2) is 0 Å². The first-order valence-electron chi connectivity index (χ1n) is 7.70. The molecule has 1 aliphatic carbocycles. The molecule has 0 heterocycles. The molecule has 0 bridgehead atoms. The van der Waals surface area contributed by atoms with E-state index in [0.29, 0.717) is 0 Å². The van der Waals surface area contributed by atoms with Gasteiger partial charge in [0, 0.05) is 24.8 Å². The Labute approximate surface area is 117 Å². The summed E-state index contributed by atoms with van der Waals surface area (Å²) in [4.78, 5) is 2.34. The van der Waals surface area contributed by atoms with Crippen LogP contribution in [0, 0.1) is 5.92 Å². The molecule has 1 aliphatic rings. The Morgan fingerprint density at radius 3 is 2.58 bits per heavy atom. The van der Waals surface area contributed by atoms with E-state index in [2.05, 4.69) is 30.1 Å². The van der Waals surface area contributed by atoms with Crippen LogP contribution in [0.3, 0.4) is 0 Å². The number of anilines is 1. The van der Waals surface area contributed by atoms with Gasteiger partial charge in [0.25, 0.3) is 0 Å². The lowest BCUT2D eigenvalue weighted by atomic mass is 9.89. The number of hydrogen-bond acceptors (Lipinski definition) is 2. The van der Waals surface area contributed by atoms with Crippen LogP contribution in [0.25, 0.3) is 0 Å². The van der Waals surface area contributed by atoms with Crippen molar-refractivity contribution < 1.29 is 5.11 Å². The van der Waals surface area contributed by atoms with E-state index < -0.39 is 0 Å². The molecule has 0 radical (unpaired) electrons. The van der Waals surface area contributed by atoms with E-state index in [1.807, 2.05) is 13.0 Å². The third-order valence-electron chi connectivity index (χ3n) is 4.35. The zero-order chi connectivity index (χ0) is 13.7. The van der Waals surface area contributed by atoms with Gasteiger partial charge in [0.2, 0.25) is 0 Å². The molecular formula is C17H27NO. The Morgan fingerprint density at radius 1 is 1.21 bits per heavy atom. The van der Waals surface area contributed by atoms with Crippen molar-refractivity contribution in [2.24, 2.45) is 5.92 Å². The molecule has 0 aliphatic heterocycles. The Hall–Kier alpha value is -1.02. The molecule has 1 saturated carbocycles. The lowest BCUT2D eigenvalue weighted by Gasteiger charge is -2.30. The first-order valence-corrected chi connectivity index (χ1v) is 7.70. The minimum Gasteiger partial charge on any atom is -0.388 e. The predicted molar refractivity (Wildman–Crippen MR) is 81.5 cm³/mol. The quantitative estimate of drug-likeness (QED) is 0.861. The summed E-state index contributed by atoms with van der Waals surface area (Å²) in [5.74, 6) is 0.825. The molecule has 0 amide bonds. The maximum Gasteiger partial charge on any atom is 0.0807 e. The molecule has 1 aromatic carbocycles. The maximum atomic E-state index is 10.1. The van der Waals surface area contributed by atoms with Crippen LogP contribution in [0.4, 0.5) is 5.69 Å². The smallest absolute Gasteiger partial charge is 0.0807 e. The van der Waals surface area contributed by atoms with E-state index in [4.69, 9.17) is 0 Å². The lowest BCUT2D eigenvalue weighted by Crippen LogP contribution is -2.27. The van der Waals surface area contributed by atoms with Crippen molar-refractivity contribution in [1.29, 1.82) is 0 Å². The van der Waals surface area contributed by atoms with Crippen molar-refractivity contribution >= 4 is 5.69 Å². The van der Waals surface area contributed by atoms with Gasteiger partial charge in [0.05, 0.1) is 6.10 Å². The van der Waals surface area contributed by atoms with Crippen molar-refractivity contribution in [2.75, 3.05) is 18.5 Å². The molecule has 0 saturated heterocycles. The van der Waals surface area contributed by atoms with Gasteiger partial charge in [-0.1, -0.05) is 44.4 Å². The normalized spacial score (nSPS) is 18.3. The van der Waals surface area contributed by atoms with E-state index in [1.54, 1.807) is 0 Å². The summed E-state index contributed by atoms with van der Waals surface area (Å²) in [5.41, 5.74) is 2.27. The van der Waals surface area contributed by atoms with Crippen LogP contribution in [0.1, 0.15) is 57.1 Å². The summed E-state index contributed by atoms with van der Waals surface area (Å²) in [6.45, 7) is 3.15. The molecule has 1 atom stereocenters. The van der Waals surface area contributed by atoms with Crippen LogP contribution in [0.2, 0.25) is 0 Å². The van der Waals surface area contributed by atoms with Gasteiger partial charge in [-0.3, -0.25) is 0 Å². The van der Waals surface area contributed by atoms with Gasteiger partial charge in [-0.15, -0.1) is 0 Å². The standard InChI is InChI=1S/C17H27NO/c1-3-17(19)15-11-7-8-12-16(15)18(2)13-14-9-5-4-6-10-14/h7-8,11-12,14,17,19H,3-6,9-10,13H2,1-2H3/t17-/m1/s1. The Balaban J connectivity index is 2.07. The van der Waals surface area contributed by atoms with E-state index in [0.717, 1.165) is 24.4 Å². The van der Waals surface area contributed by atoms with Gasteiger partial charge in [0.1, 0.15) is 0 Å². The summed E-state index contributed by atoms with van der Waals surface area (Å²) in [7, 11) is 2.16. The van der Waals surface area contributed by atoms with Crippen LogP contribution in [0.15, 0.2) is 24.3 Å². The Bertz CT molecular complexity index is 385. The highest BCUT2D eigenvalue weighted by Gasteiger charge is 2.18. The van der Waals surface area contributed by atoms with Crippen LogP contribution >= 0.6 is 0 Å². The van der Waals surface area contributed by atoms with Gasteiger partial charge < -0.3 is 10.0 Å². The molecule has 19 heavy (non-hydrogen) atoms. The minimum absolute atomic E-state index is 0.343. The van der Waals surface area contributed by atoms with E-state index >= 15 is 0 Å². The second kappa shape index (κ2) is 6.95. The summed E-state index contributed by atoms with van der Waals surface area (Å²) in [5, 5.41) is 10.1. The van der Waals surface area contributed by atoms with Crippen molar-refractivity contribution in [3.05, 3.63) is 29.8 Å². The molecule has 0 unspecified atom stereocenters. The van der Waals surface area contributed by atoms with Crippen molar-refractivity contribution in [1.82, 2.24) is 0 Å². The number of nitrogens with zero attached hydrogens (tertiary/aromatic N) is 1. The van der Waals surface area contributed by atoms with Gasteiger partial charge in [-0.2, -0.15) is 0 Å². The Morgan fingerprint density at radius 2 is 1.89 bits per heavy atom. The number of benzene rings is 1. The van der Waals surface area contributed by atoms with E-state index in [1.165, 1.54) is 37.8 Å². The van der Waals surface area contributed by atoms with Crippen LogP contribution < -0.4 is 4.90 Å². The molecule has 2 heteroatoms. The number of aliphatic hydroxyl groups is 1. The van der Waals surface area contributed by atoms with Crippen LogP contribution in [-0.2, 0) is 0 Å². The SMILES string of the molecule is CC[C@@H](O)c1ccccc1N(C)CC1CCCCC1. The van der Waals surface area contributed by atoms with Crippen molar-refractivity contribution in [3.63, 3.8) is 0 Å². The topological polar surface area (TPSA) is 23.5 Å². The first kappa shape index (κ1) is 14.4. The summed E-state index contributed by atoms with van der Waals surface area (Å²) in [6, 6.07) is 8.28. The fraction of sp³-hybridized carbons (Fsp3) is 0.647. The summed E-state index contributed by atoms with van der Waals surface area (Å²) >= 11 is 0. The number of rotatable bonds is 5. The summed E-state index contributed by atoms with van der Waals surface area (Å²) in [6.07, 6.45) is 7.34. The number of hydrogen-bond donors (Lipinski definition) is 1. The van der Waals surface area contributed by atoms with Gasteiger partial charge >= 0.3 is 0 Å². The van der Waals surface area contributed by atoms with E-state index in [9.17, 15) is 5.11 Å². The van der Waals surface area contributed by atoms with E-state index in [-0.39, 0.29) is 6.10 Å². The number of para-hydroxylation sites is 1. The van der Waals surface area contributed by atoms with Crippen LogP contribution in [-0.4, -0.2) is 18.7 Å². The zero-order valence-electron chi connectivity index (χ0n) is 12.3. The van der Waals surface area contributed by atoms with Gasteiger partial charge in [0.15, 0.2) is 0 Å². The average molecular weight is 261 g/mol. The molecule has 0 spiro atoms. The van der Waals surface area contributed by atoms with Crippen molar-refractivity contribution in [2.45, 2.75) is 51.6 Å².